The van der Waals surface area contributed by atoms with Gasteiger partial charge in [-0.05, 0) is 114 Å². The van der Waals surface area contributed by atoms with Gasteiger partial charge in [0.15, 0.2) is 0 Å². The highest BCUT2D eigenvalue weighted by atomic mass is 32.1. The Morgan fingerprint density at radius 1 is 0.544 bits per heavy atom. The van der Waals surface area contributed by atoms with Gasteiger partial charge in [0.2, 0.25) is 0 Å². The van der Waals surface area contributed by atoms with Gasteiger partial charge in [-0.15, -0.1) is 11.3 Å². The van der Waals surface area contributed by atoms with Gasteiger partial charge in [-0.3, -0.25) is 4.98 Å². The minimum Gasteiger partial charge on any atom is -0.309 e. The number of benzene rings is 8. The maximum atomic E-state index is 14.4. The number of fused-ring (bicyclic) bond motifs is 7. The Hall–Kier alpha value is -7.08. The van der Waals surface area contributed by atoms with Crippen LogP contribution in [-0.2, 0) is 0 Å². The summed E-state index contributed by atoms with van der Waals surface area (Å²) in [6.45, 7) is 2.19. The highest BCUT2D eigenvalue weighted by Crippen LogP contribution is 2.44. The third-order valence-electron chi connectivity index (χ3n) is 11.2. The van der Waals surface area contributed by atoms with E-state index < -0.39 is 0 Å². The highest BCUT2D eigenvalue weighted by Gasteiger charge is 2.20. The molecule has 8 aromatic carbocycles. The lowest BCUT2D eigenvalue weighted by molar-refractivity contribution is 0.629. The lowest BCUT2D eigenvalue weighted by atomic mass is 9.99. The van der Waals surface area contributed by atoms with Crippen LogP contribution in [0.25, 0.3) is 80.8 Å². The first-order chi connectivity index (χ1) is 28.1. The molecule has 0 atom stereocenters. The van der Waals surface area contributed by atoms with E-state index in [1.165, 1.54) is 31.3 Å². The van der Waals surface area contributed by atoms with E-state index in [1.54, 1.807) is 12.1 Å². The second-order valence-corrected chi connectivity index (χ2v) is 15.6. The number of hydrogen-bond acceptors (Lipinski definition) is 3. The SMILES string of the molecule is Cc1cc(-c2cccc(-n3c4ccccc4c4cc(F)ccc43)c2)ccc1N(c1ccc(-c2cccc3c2sc2ccccc23)cc1)c1cccc2cccnc12. The molecule has 0 amide bonds. The predicted octanol–water partition coefficient (Wildman–Crippen LogP) is 15.0. The molecule has 3 aromatic heterocycles. The zero-order chi connectivity index (χ0) is 38.0. The van der Waals surface area contributed by atoms with Crippen LogP contribution in [0.3, 0.4) is 0 Å². The first-order valence-electron chi connectivity index (χ1n) is 19.1. The molecule has 0 N–H and O–H groups in total. The van der Waals surface area contributed by atoms with Gasteiger partial charge in [0.1, 0.15) is 5.82 Å². The Labute approximate surface area is 333 Å². The Balaban J connectivity index is 1.02. The molecule has 0 aliphatic carbocycles. The van der Waals surface area contributed by atoms with Crippen LogP contribution in [0.15, 0.2) is 188 Å². The fourth-order valence-electron chi connectivity index (χ4n) is 8.57. The minimum absolute atomic E-state index is 0.233. The fourth-order valence-corrected chi connectivity index (χ4v) is 9.81. The molecule has 0 spiro atoms. The normalized spacial score (nSPS) is 11.7. The van der Waals surface area contributed by atoms with Crippen molar-refractivity contribution in [1.29, 1.82) is 0 Å². The molecule has 0 aliphatic rings. The number of anilines is 3. The highest BCUT2D eigenvalue weighted by molar-refractivity contribution is 7.26. The number of pyridine rings is 1. The van der Waals surface area contributed by atoms with Crippen LogP contribution in [0.1, 0.15) is 5.56 Å². The molecule has 0 saturated carbocycles. The van der Waals surface area contributed by atoms with Crippen molar-refractivity contribution in [2.75, 3.05) is 4.90 Å². The molecule has 3 heterocycles. The van der Waals surface area contributed by atoms with E-state index in [4.69, 9.17) is 4.98 Å². The van der Waals surface area contributed by atoms with Crippen molar-refractivity contribution in [1.82, 2.24) is 9.55 Å². The first kappa shape index (κ1) is 33.3. The van der Waals surface area contributed by atoms with Crippen molar-refractivity contribution < 1.29 is 4.39 Å². The maximum absolute atomic E-state index is 14.4. The molecule has 270 valence electrons. The Morgan fingerprint density at radius 3 is 2.18 bits per heavy atom. The van der Waals surface area contributed by atoms with Gasteiger partial charge in [-0.2, -0.15) is 0 Å². The predicted molar refractivity (Wildman–Crippen MR) is 239 cm³/mol. The quantitative estimate of drug-likeness (QED) is 0.169. The Bertz CT molecular complexity index is 3340. The van der Waals surface area contributed by atoms with Crippen molar-refractivity contribution in [3.05, 3.63) is 200 Å². The average Bonchev–Trinajstić information content (AvgIpc) is 3.80. The molecule has 0 bridgehead atoms. The number of para-hydroxylation sites is 2. The number of aryl methyl sites for hydroxylation is 1. The molecule has 0 radical (unpaired) electrons. The van der Waals surface area contributed by atoms with E-state index in [2.05, 4.69) is 162 Å². The summed E-state index contributed by atoms with van der Waals surface area (Å²) >= 11 is 1.86. The lowest BCUT2D eigenvalue weighted by Gasteiger charge is -2.28. The van der Waals surface area contributed by atoms with E-state index in [1.807, 2.05) is 41.8 Å². The second-order valence-electron chi connectivity index (χ2n) is 14.6. The van der Waals surface area contributed by atoms with E-state index in [-0.39, 0.29) is 5.82 Å². The summed E-state index contributed by atoms with van der Waals surface area (Å²) in [5, 5.41) is 5.63. The largest absolute Gasteiger partial charge is 0.309 e. The van der Waals surface area contributed by atoms with Gasteiger partial charge in [0, 0.05) is 59.6 Å². The number of rotatable bonds is 6. The molecule has 11 aromatic rings. The summed E-state index contributed by atoms with van der Waals surface area (Å²) in [7, 11) is 0. The van der Waals surface area contributed by atoms with Crippen LogP contribution in [0.5, 0.6) is 0 Å². The van der Waals surface area contributed by atoms with Crippen molar-refractivity contribution in [3.63, 3.8) is 0 Å². The third-order valence-corrected chi connectivity index (χ3v) is 12.4. The van der Waals surface area contributed by atoms with Crippen LogP contribution in [0, 0.1) is 12.7 Å². The number of nitrogens with zero attached hydrogens (tertiary/aromatic N) is 3. The number of halogens is 1. The second kappa shape index (κ2) is 13.3. The van der Waals surface area contributed by atoms with Gasteiger partial charge in [-0.1, -0.05) is 103 Å². The minimum atomic E-state index is -0.233. The smallest absolute Gasteiger partial charge is 0.123 e. The zero-order valence-corrected chi connectivity index (χ0v) is 31.8. The topological polar surface area (TPSA) is 21.1 Å². The molecule has 11 rings (SSSR count). The standard InChI is InChI=1S/C52H34FN3S/c1-33-30-37(36-11-6-13-40(31-36)56-47-18-4-2-14-42(47)45-32-38(53)24-28-48(45)56)23-27-46(33)55(49-19-7-10-35-12-9-29-54-51(35)49)39-25-21-34(22-26-39)41-16-8-17-44-43-15-3-5-20-50(43)57-52(41)44/h2-32H,1H3. The molecule has 3 nitrogen and oxygen atoms in total. The van der Waals surface area contributed by atoms with E-state index in [9.17, 15) is 4.39 Å². The lowest BCUT2D eigenvalue weighted by Crippen LogP contribution is -2.12. The first-order valence-corrected chi connectivity index (χ1v) is 20.0. The van der Waals surface area contributed by atoms with Gasteiger partial charge in [0.25, 0.3) is 0 Å². The van der Waals surface area contributed by atoms with E-state index >= 15 is 0 Å². The summed E-state index contributed by atoms with van der Waals surface area (Å²) in [5.41, 5.74) is 13.0. The molecule has 0 unspecified atom stereocenters. The number of hydrogen-bond donors (Lipinski definition) is 0. The summed E-state index contributed by atoms with van der Waals surface area (Å²) in [6, 6.07) is 63.4. The van der Waals surface area contributed by atoms with E-state index in [0.29, 0.717) is 0 Å². The van der Waals surface area contributed by atoms with Crippen LogP contribution in [0.4, 0.5) is 21.5 Å². The van der Waals surface area contributed by atoms with Crippen LogP contribution >= 0.6 is 11.3 Å². The molecule has 0 aliphatic heterocycles. The molecule has 0 saturated heterocycles. The monoisotopic (exact) mass is 751 g/mol. The zero-order valence-electron chi connectivity index (χ0n) is 31.0. The van der Waals surface area contributed by atoms with E-state index in [0.717, 1.165) is 72.1 Å². The summed E-state index contributed by atoms with van der Waals surface area (Å²) in [5.74, 6) is -0.233. The molecule has 57 heavy (non-hydrogen) atoms. The third kappa shape index (κ3) is 5.50. The maximum Gasteiger partial charge on any atom is 0.123 e. The molecule has 0 fully saturated rings. The Morgan fingerprint density at radius 2 is 1.28 bits per heavy atom. The van der Waals surface area contributed by atoms with Crippen LogP contribution in [0.2, 0.25) is 0 Å². The fraction of sp³-hybridized carbons (Fsp3) is 0.0192. The number of thiophene rings is 1. The van der Waals surface area contributed by atoms with Crippen molar-refractivity contribution in [2.24, 2.45) is 0 Å². The summed E-state index contributed by atoms with van der Waals surface area (Å²) in [4.78, 5) is 7.23. The number of aromatic nitrogens is 2. The molecule has 5 heteroatoms. The van der Waals surface area contributed by atoms with Gasteiger partial charge in [0.05, 0.1) is 22.2 Å². The van der Waals surface area contributed by atoms with Crippen LogP contribution in [-0.4, -0.2) is 9.55 Å². The van der Waals surface area contributed by atoms with Crippen molar-refractivity contribution >= 4 is 81.3 Å². The summed E-state index contributed by atoms with van der Waals surface area (Å²) < 4.78 is 19.3. The molecular weight excluding hydrogens is 718 g/mol. The van der Waals surface area contributed by atoms with Gasteiger partial charge >= 0.3 is 0 Å². The van der Waals surface area contributed by atoms with Crippen molar-refractivity contribution in [2.45, 2.75) is 6.92 Å². The van der Waals surface area contributed by atoms with Gasteiger partial charge in [-0.25, -0.2) is 4.39 Å². The van der Waals surface area contributed by atoms with Crippen LogP contribution < -0.4 is 4.90 Å². The average molecular weight is 752 g/mol. The van der Waals surface area contributed by atoms with Crippen molar-refractivity contribution in [3.8, 4) is 27.9 Å². The van der Waals surface area contributed by atoms with Gasteiger partial charge < -0.3 is 9.47 Å². The Kier molecular flexibility index (Phi) is 7.76. The summed E-state index contributed by atoms with van der Waals surface area (Å²) in [6.07, 6.45) is 1.87. The molecular formula is C52H34FN3S.